The normalized spacial score (nSPS) is 21.9. The zero-order valence-electron chi connectivity index (χ0n) is 21.6. The van der Waals surface area contributed by atoms with Gasteiger partial charge >= 0.3 is 35.5 Å². The fourth-order valence-electron chi connectivity index (χ4n) is 4.19. The first-order valence-electron chi connectivity index (χ1n) is 11.4. The third-order valence-corrected chi connectivity index (χ3v) is 8.26. The number of nitrogens with one attached hydrogen (secondary N) is 1. The maximum absolute atomic E-state index is 12.8. The quantitative estimate of drug-likeness (QED) is 0.0632. The molecular weight excluding hydrogens is 551 g/mol. The van der Waals surface area contributed by atoms with Crippen molar-refractivity contribution in [1.29, 1.82) is 0 Å². The molecule has 0 aromatic heterocycles. The molecule has 38 heavy (non-hydrogen) atoms. The van der Waals surface area contributed by atoms with Crippen molar-refractivity contribution in [2.45, 2.75) is 22.7 Å². The molecule has 1 aromatic carbocycles. The van der Waals surface area contributed by atoms with Crippen molar-refractivity contribution in [1.82, 2.24) is 15.1 Å². The van der Waals surface area contributed by atoms with Gasteiger partial charge in [-0.3, -0.25) is 23.9 Å². The number of ether oxygens (including phenoxy) is 1. The van der Waals surface area contributed by atoms with Crippen LogP contribution in [-0.2, 0) is 40.5 Å². The second kappa shape index (κ2) is 13.4. The molecule has 1 aromatic rings. The average Bonchev–Trinajstić information content (AvgIpc) is 2.86. The first-order valence-corrected chi connectivity index (χ1v) is 13.9. The number of hydrogen-bond acceptors (Lipinski definition) is 10. The number of carbonyl (C=O) groups excluding carboxylic acids is 2. The zero-order valence-corrected chi connectivity index (χ0v) is 24.2. The minimum absolute atomic E-state index is 0. The molecule has 0 saturated carbocycles. The van der Waals surface area contributed by atoms with E-state index >= 15 is 0 Å². The van der Waals surface area contributed by atoms with Crippen LogP contribution in [0.1, 0.15) is 6.99 Å². The molecule has 3 aliphatic rings. The zero-order chi connectivity index (χ0) is 26.6. The van der Waals surface area contributed by atoms with E-state index in [4.69, 9.17) is 9.57 Å². The van der Waals surface area contributed by atoms with Crippen molar-refractivity contribution in [3.8, 4) is 0 Å². The predicted octanol–water partition coefficient (Wildman–Crippen LogP) is -3.33. The van der Waals surface area contributed by atoms with Gasteiger partial charge in [-0.2, -0.15) is 8.42 Å². The fourth-order valence-corrected chi connectivity index (χ4v) is 6.21. The summed E-state index contributed by atoms with van der Waals surface area (Å²) in [5.41, 5.74) is 0.150. The number of nitrogens with zero attached hydrogens (tertiary/aromatic N) is 3. The first kappa shape index (κ1) is 30.6. The maximum atomic E-state index is 12.8. The number of morpholine rings is 1. The van der Waals surface area contributed by atoms with E-state index in [2.05, 4.69) is 15.4 Å². The van der Waals surface area contributed by atoms with Crippen molar-refractivity contribution in [2.75, 3.05) is 45.2 Å². The SMILES string of the molecule is O=C(Cc1ccccc1S(=O)(=O)O)N[C@@H]1C(=O)N2C(C(=O)O)=C(/C=N/OCCN3CCOCC3)CS[C@H]12.[H-].[Na+]. The largest absolute Gasteiger partial charge is 1.00 e. The van der Waals surface area contributed by atoms with Crippen LogP contribution in [0.25, 0.3) is 0 Å². The van der Waals surface area contributed by atoms with Crippen LogP contribution in [0.2, 0.25) is 0 Å². The minimum atomic E-state index is -4.53. The van der Waals surface area contributed by atoms with Gasteiger partial charge in [-0.25, -0.2) is 4.79 Å². The number of amides is 2. The summed E-state index contributed by atoms with van der Waals surface area (Å²) in [5, 5.41) is 15.5. The molecule has 3 heterocycles. The number of rotatable bonds is 10. The number of carbonyl (C=O) groups is 3. The summed E-state index contributed by atoms with van der Waals surface area (Å²) in [4.78, 5) is 45.4. The Balaban J connectivity index is 0.00000267. The van der Waals surface area contributed by atoms with Crippen LogP contribution >= 0.6 is 11.8 Å². The van der Waals surface area contributed by atoms with Gasteiger partial charge < -0.3 is 21.4 Å². The summed E-state index contributed by atoms with van der Waals surface area (Å²) >= 11 is 1.26. The molecule has 2 atom stereocenters. The van der Waals surface area contributed by atoms with Crippen molar-refractivity contribution in [2.24, 2.45) is 5.16 Å². The van der Waals surface area contributed by atoms with Crippen LogP contribution < -0.4 is 34.9 Å². The Bertz CT molecular complexity index is 1240. The molecule has 202 valence electrons. The molecule has 0 bridgehead atoms. The summed E-state index contributed by atoms with van der Waals surface area (Å²) in [6, 6.07) is 4.50. The summed E-state index contributed by atoms with van der Waals surface area (Å²) < 4.78 is 37.8. The van der Waals surface area contributed by atoms with E-state index in [-0.39, 0.29) is 48.0 Å². The number of β-lactam (4-membered cyclic amide) rings is 1. The van der Waals surface area contributed by atoms with E-state index in [1.54, 1.807) is 0 Å². The number of aliphatic carboxylic acids is 1. The van der Waals surface area contributed by atoms with Crippen molar-refractivity contribution in [3.05, 3.63) is 41.1 Å². The number of thioether (sulfide) groups is 1. The molecule has 3 N–H and O–H groups in total. The van der Waals surface area contributed by atoms with Gasteiger partial charge in [0, 0.05) is 31.0 Å². The molecule has 13 nitrogen and oxygen atoms in total. The van der Waals surface area contributed by atoms with Crippen molar-refractivity contribution in [3.63, 3.8) is 0 Å². The number of carboxylic acids is 1. The van der Waals surface area contributed by atoms with Crippen LogP contribution in [0.5, 0.6) is 0 Å². The average molecular weight is 579 g/mol. The topological polar surface area (TPSA) is 175 Å². The number of carboxylic acid groups (broad SMARTS) is 1. The summed E-state index contributed by atoms with van der Waals surface area (Å²) in [5.74, 6) is -2.33. The predicted molar refractivity (Wildman–Crippen MR) is 132 cm³/mol. The molecule has 2 amide bonds. The van der Waals surface area contributed by atoms with Crippen molar-refractivity contribution >= 4 is 45.9 Å². The van der Waals surface area contributed by atoms with Gasteiger partial charge in [0.25, 0.3) is 16.0 Å². The molecule has 0 radical (unpaired) electrons. The van der Waals surface area contributed by atoms with E-state index in [1.165, 1.54) is 42.2 Å². The van der Waals surface area contributed by atoms with Gasteiger partial charge in [0.2, 0.25) is 5.91 Å². The van der Waals surface area contributed by atoms with Crippen molar-refractivity contribution < 1.29 is 73.0 Å². The molecule has 2 fully saturated rings. The van der Waals surface area contributed by atoms with Gasteiger partial charge in [0.15, 0.2) is 0 Å². The Hall–Kier alpha value is -1.98. The molecule has 0 aliphatic carbocycles. The standard InChI is InChI=1S/C22H26N4O9S2.Na.H/c27-17(11-14-3-1-2-4-16(14)37(31,32)33)24-18-20(28)26-19(22(29)30)15(13-36-21(18)26)12-23-35-10-7-25-5-8-34-9-6-25;;/h1-4,12,18,21H,5-11,13H2,(H,24,27)(H,29,30)(H,31,32,33);;/q;+1;-1/b23-12+;;/t18-,21-;;/m1../s1. The summed E-state index contributed by atoms with van der Waals surface area (Å²) in [6.07, 6.45) is 0.899. The molecular formula is C22H27N4NaO9S2. The molecule has 0 spiro atoms. The van der Waals surface area contributed by atoms with Gasteiger partial charge in [0.05, 0.1) is 30.7 Å². The smallest absolute Gasteiger partial charge is 1.00 e. The van der Waals surface area contributed by atoms with E-state index in [0.29, 0.717) is 31.9 Å². The Kier molecular flexibility index (Phi) is 10.8. The Labute approximate surface area is 247 Å². The third-order valence-electron chi connectivity index (χ3n) is 6.00. The molecule has 0 unspecified atom stereocenters. The molecule has 4 rings (SSSR count). The third kappa shape index (κ3) is 7.15. The summed E-state index contributed by atoms with van der Waals surface area (Å²) in [6.45, 7) is 3.92. The summed E-state index contributed by atoms with van der Waals surface area (Å²) in [7, 11) is -4.53. The van der Waals surface area contributed by atoms with Gasteiger partial charge in [0.1, 0.15) is 23.7 Å². The van der Waals surface area contributed by atoms with Crippen LogP contribution in [0.4, 0.5) is 0 Å². The number of oxime groups is 1. The van der Waals surface area contributed by atoms with E-state index < -0.39 is 50.6 Å². The van der Waals surface area contributed by atoms with E-state index in [0.717, 1.165) is 18.0 Å². The van der Waals surface area contributed by atoms with Crippen LogP contribution in [0.3, 0.4) is 0 Å². The Morgan fingerprint density at radius 3 is 2.68 bits per heavy atom. The second-order valence-corrected chi connectivity index (χ2v) is 10.9. The molecule has 2 saturated heterocycles. The number of fused-ring (bicyclic) bond motifs is 1. The number of hydrogen-bond donors (Lipinski definition) is 3. The fraction of sp³-hybridized carbons (Fsp3) is 0.455. The molecule has 16 heteroatoms. The van der Waals surface area contributed by atoms with Crippen LogP contribution in [0.15, 0.2) is 45.6 Å². The van der Waals surface area contributed by atoms with E-state index in [1.807, 2.05) is 0 Å². The monoisotopic (exact) mass is 578 g/mol. The van der Waals surface area contributed by atoms with Crippen LogP contribution in [-0.4, -0.2) is 108 Å². The van der Waals surface area contributed by atoms with Crippen LogP contribution in [0, 0.1) is 0 Å². The Morgan fingerprint density at radius 2 is 2.00 bits per heavy atom. The number of benzene rings is 1. The maximum Gasteiger partial charge on any atom is 1.00 e. The van der Waals surface area contributed by atoms with E-state index in [9.17, 15) is 32.5 Å². The molecule has 3 aliphatic heterocycles. The second-order valence-electron chi connectivity index (χ2n) is 8.42. The van der Waals surface area contributed by atoms with Gasteiger partial charge in [-0.15, -0.1) is 11.8 Å². The van der Waals surface area contributed by atoms with Gasteiger partial charge in [-0.05, 0) is 11.6 Å². The van der Waals surface area contributed by atoms with Gasteiger partial charge in [-0.1, -0.05) is 23.4 Å². The minimum Gasteiger partial charge on any atom is -1.00 e. The first-order chi connectivity index (χ1) is 17.7. The Morgan fingerprint density at radius 1 is 1.29 bits per heavy atom.